The minimum atomic E-state index is -4.77. The van der Waals surface area contributed by atoms with Crippen molar-refractivity contribution >= 4 is 5.91 Å². The maximum Gasteiger partial charge on any atom is 0.419 e. The van der Waals surface area contributed by atoms with Crippen molar-refractivity contribution in [2.24, 2.45) is 5.92 Å². The van der Waals surface area contributed by atoms with E-state index in [2.05, 4.69) is 5.32 Å². The van der Waals surface area contributed by atoms with Crippen molar-refractivity contribution in [1.82, 2.24) is 5.32 Å². The van der Waals surface area contributed by atoms with E-state index in [1.54, 1.807) is 0 Å². The number of aliphatic hydroxyl groups excluding tert-OH is 1. The lowest BCUT2D eigenvalue weighted by Crippen LogP contribution is -2.35. The number of hydrogen-bond donors (Lipinski definition) is 2. The highest BCUT2D eigenvalue weighted by Crippen LogP contribution is 2.32. The normalized spacial score (nSPS) is 22.4. The Kier molecular flexibility index (Phi) is 5.05. The first-order valence-electron chi connectivity index (χ1n) is 7.09. The monoisotopic (exact) mass is 319 g/mol. The molecule has 3 nitrogen and oxygen atoms in total. The van der Waals surface area contributed by atoms with E-state index in [0.29, 0.717) is 25.3 Å². The molecule has 1 saturated carbocycles. The van der Waals surface area contributed by atoms with E-state index in [1.165, 1.54) is 6.07 Å². The van der Waals surface area contributed by atoms with E-state index in [-0.39, 0.29) is 23.9 Å². The number of alkyl halides is 3. The molecule has 1 fully saturated rings. The Labute approximate surface area is 125 Å². The summed E-state index contributed by atoms with van der Waals surface area (Å²) in [5.41, 5.74) is -1.55. The summed E-state index contributed by atoms with van der Waals surface area (Å²) < 4.78 is 51.6. The van der Waals surface area contributed by atoms with Crippen LogP contribution in [0, 0.1) is 11.7 Å². The van der Waals surface area contributed by atoms with Crippen LogP contribution in [0.15, 0.2) is 18.2 Å². The summed E-state index contributed by atoms with van der Waals surface area (Å²) in [6, 6.07) is 2.98. The molecule has 0 spiro atoms. The largest absolute Gasteiger partial charge is 0.419 e. The zero-order valence-corrected chi connectivity index (χ0v) is 11.8. The van der Waals surface area contributed by atoms with Crippen molar-refractivity contribution in [3.63, 3.8) is 0 Å². The third-order valence-electron chi connectivity index (χ3n) is 3.85. The van der Waals surface area contributed by atoms with Crippen LogP contribution >= 0.6 is 0 Å². The average Bonchev–Trinajstić information content (AvgIpc) is 2.44. The topological polar surface area (TPSA) is 49.3 Å². The first kappa shape index (κ1) is 16.7. The molecule has 0 aliphatic heterocycles. The number of carbonyl (C=O) groups is 1. The fourth-order valence-electron chi connectivity index (χ4n) is 2.66. The van der Waals surface area contributed by atoms with Crippen LogP contribution in [0.5, 0.6) is 0 Å². The molecule has 2 N–H and O–H groups in total. The van der Waals surface area contributed by atoms with E-state index >= 15 is 0 Å². The molecule has 0 heterocycles. The van der Waals surface area contributed by atoms with Gasteiger partial charge in [0.15, 0.2) is 0 Å². The van der Waals surface area contributed by atoms with E-state index in [0.717, 1.165) is 12.5 Å². The van der Waals surface area contributed by atoms with Crippen molar-refractivity contribution in [3.8, 4) is 0 Å². The molecule has 1 aliphatic carbocycles. The highest BCUT2D eigenvalue weighted by molar-refractivity contribution is 5.78. The van der Waals surface area contributed by atoms with Crippen LogP contribution in [0.3, 0.4) is 0 Å². The Morgan fingerprint density at radius 2 is 2.05 bits per heavy atom. The second-order valence-electron chi connectivity index (χ2n) is 5.51. The number of hydrogen-bond acceptors (Lipinski definition) is 2. The van der Waals surface area contributed by atoms with Crippen LogP contribution in [0.25, 0.3) is 0 Å². The molecule has 0 aromatic heterocycles. The summed E-state index contributed by atoms with van der Waals surface area (Å²) in [7, 11) is 0. The van der Waals surface area contributed by atoms with Crippen molar-refractivity contribution in [3.05, 3.63) is 35.1 Å². The molecule has 22 heavy (non-hydrogen) atoms. The molecule has 7 heteroatoms. The maximum absolute atomic E-state index is 13.8. The molecule has 0 bridgehead atoms. The van der Waals surface area contributed by atoms with E-state index in [1.807, 2.05) is 0 Å². The van der Waals surface area contributed by atoms with Gasteiger partial charge in [0.1, 0.15) is 5.82 Å². The highest BCUT2D eigenvalue weighted by atomic mass is 19.4. The van der Waals surface area contributed by atoms with Crippen molar-refractivity contribution in [1.29, 1.82) is 0 Å². The molecule has 2 rings (SSSR count). The summed E-state index contributed by atoms with van der Waals surface area (Å²) in [6.07, 6.45) is -2.99. The van der Waals surface area contributed by atoms with E-state index < -0.39 is 23.7 Å². The molecule has 1 aromatic carbocycles. The molecule has 2 atom stereocenters. The van der Waals surface area contributed by atoms with Gasteiger partial charge in [-0.15, -0.1) is 0 Å². The van der Waals surface area contributed by atoms with E-state index in [4.69, 9.17) is 0 Å². The SMILES string of the molecule is O=C(NCc1cccc(C(F)(F)F)c1F)[C@@H]1CCC[C@H](O)C1. The second-order valence-corrected chi connectivity index (χ2v) is 5.51. The Morgan fingerprint density at radius 3 is 2.68 bits per heavy atom. The lowest BCUT2D eigenvalue weighted by atomic mass is 9.86. The smallest absolute Gasteiger partial charge is 0.393 e. The average molecular weight is 319 g/mol. The van der Waals surface area contributed by atoms with Crippen LogP contribution < -0.4 is 5.32 Å². The fraction of sp³-hybridized carbons (Fsp3) is 0.533. The second kappa shape index (κ2) is 6.64. The minimum Gasteiger partial charge on any atom is -0.393 e. The molecular weight excluding hydrogens is 302 g/mol. The molecule has 122 valence electrons. The predicted molar refractivity (Wildman–Crippen MR) is 71.2 cm³/mol. The van der Waals surface area contributed by atoms with Crippen LogP contribution in [-0.2, 0) is 17.5 Å². The highest BCUT2D eigenvalue weighted by Gasteiger charge is 2.35. The Bertz CT molecular complexity index is 545. The van der Waals surface area contributed by atoms with Crippen molar-refractivity contribution < 1.29 is 27.5 Å². The fourth-order valence-corrected chi connectivity index (χ4v) is 2.66. The van der Waals surface area contributed by atoms with Gasteiger partial charge in [-0.3, -0.25) is 4.79 Å². The number of carbonyl (C=O) groups excluding carboxylic acids is 1. The summed E-state index contributed by atoms with van der Waals surface area (Å²) in [4.78, 5) is 11.9. The van der Waals surface area contributed by atoms with Crippen LogP contribution in [-0.4, -0.2) is 17.1 Å². The van der Waals surface area contributed by atoms with Gasteiger partial charge in [0.25, 0.3) is 0 Å². The summed E-state index contributed by atoms with van der Waals surface area (Å²) in [6.45, 7) is -0.304. The van der Waals surface area contributed by atoms with Gasteiger partial charge in [0.05, 0.1) is 11.7 Å². The summed E-state index contributed by atoms with van der Waals surface area (Å²) in [5.74, 6) is -2.10. The summed E-state index contributed by atoms with van der Waals surface area (Å²) >= 11 is 0. The van der Waals surface area contributed by atoms with Crippen molar-refractivity contribution in [2.75, 3.05) is 0 Å². The Hall–Kier alpha value is -1.63. The number of benzene rings is 1. The Morgan fingerprint density at radius 1 is 1.32 bits per heavy atom. The maximum atomic E-state index is 13.8. The lowest BCUT2D eigenvalue weighted by molar-refractivity contribution is -0.140. The van der Waals surface area contributed by atoms with Gasteiger partial charge in [-0.1, -0.05) is 18.6 Å². The molecule has 1 aromatic rings. The number of rotatable bonds is 3. The first-order valence-corrected chi connectivity index (χ1v) is 7.09. The molecule has 1 amide bonds. The zero-order chi connectivity index (χ0) is 16.3. The van der Waals surface area contributed by atoms with Crippen LogP contribution in [0.2, 0.25) is 0 Å². The number of aliphatic hydroxyl groups is 1. The molecule has 0 unspecified atom stereocenters. The van der Waals surface area contributed by atoms with Gasteiger partial charge in [-0.2, -0.15) is 13.2 Å². The number of nitrogens with one attached hydrogen (secondary N) is 1. The van der Waals surface area contributed by atoms with Gasteiger partial charge < -0.3 is 10.4 Å². The van der Waals surface area contributed by atoms with Crippen LogP contribution in [0.1, 0.15) is 36.8 Å². The third kappa shape index (κ3) is 3.97. The van der Waals surface area contributed by atoms with Gasteiger partial charge in [0, 0.05) is 18.0 Å². The molecule has 1 aliphatic rings. The predicted octanol–water partition coefficient (Wildman–Crippen LogP) is 3.01. The van der Waals surface area contributed by atoms with Gasteiger partial charge in [-0.25, -0.2) is 4.39 Å². The molecule has 0 saturated heterocycles. The summed E-state index contributed by atoms with van der Waals surface area (Å²) in [5, 5.41) is 12.0. The van der Waals surface area contributed by atoms with Crippen molar-refractivity contribution in [2.45, 2.75) is 44.5 Å². The Balaban J connectivity index is 2.01. The minimum absolute atomic E-state index is 0.209. The molecular formula is C15H17F4NO2. The standard InChI is InChI=1S/C15H17F4NO2/c16-13-10(4-2-6-12(13)15(17,18)19)8-20-14(22)9-3-1-5-11(21)7-9/h2,4,6,9,11,21H,1,3,5,7-8H2,(H,20,22)/t9-,11+/m1/s1. The third-order valence-corrected chi connectivity index (χ3v) is 3.85. The molecule has 0 radical (unpaired) electrons. The number of halogens is 4. The van der Waals surface area contributed by atoms with Gasteiger partial charge >= 0.3 is 6.18 Å². The lowest BCUT2D eigenvalue weighted by Gasteiger charge is -2.25. The zero-order valence-electron chi connectivity index (χ0n) is 11.8. The van der Waals surface area contributed by atoms with Gasteiger partial charge in [-0.05, 0) is 25.3 Å². The van der Waals surface area contributed by atoms with E-state index in [9.17, 15) is 27.5 Å². The first-order chi connectivity index (χ1) is 10.3. The number of amides is 1. The quantitative estimate of drug-likeness (QED) is 0.842. The van der Waals surface area contributed by atoms with Gasteiger partial charge in [0.2, 0.25) is 5.91 Å². The van der Waals surface area contributed by atoms with Crippen LogP contribution in [0.4, 0.5) is 17.6 Å².